The van der Waals surface area contributed by atoms with Crippen molar-refractivity contribution in [2.75, 3.05) is 0 Å². The number of nitrogens with zero attached hydrogens (tertiary/aromatic N) is 3. The molecule has 0 spiro atoms. The molecule has 0 aliphatic rings. The highest BCUT2D eigenvalue weighted by atomic mass is 35.5. The molecular weight excluding hydrogens is 274 g/mol. The first-order valence-corrected chi connectivity index (χ1v) is 7.13. The smallest absolute Gasteiger partial charge is 0.170 e. The molecule has 0 unspecified atom stereocenters. The predicted molar refractivity (Wildman–Crippen MR) is 79.3 cm³/mol. The number of ketones is 1. The summed E-state index contributed by atoms with van der Waals surface area (Å²) in [6.07, 6.45) is 4.34. The molecular formula is C15H18ClN3O. The molecule has 0 atom stereocenters. The van der Waals surface area contributed by atoms with Crippen LogP contribution >= 0.6 is 11.6 Å². The Balaban J connectivity index is 2.30. The van der Waals surface area contributed by atoms with Crippen molar-refractivity contribution in [3.8, 4) is 0 Å². The summed E-state index contributed by atoms with van der Waals surface area (Å²) in [5.41, 5.74) is 3.22. The molecule has 0 bridgehead atoms. The molecule has 0 amide bonds. The number of hydrogen-bond acceptors (Lipinski definition) is 3. The van der Waals surface area contributed by atoms with Gasteiger partial charge in [-0.05, 0) is 31.9 Å². The number of aryl methyl sites for hydroxylation is 3. The van der Waals surface area contributed by atoms with E-state index in [0.717, 1.165) is 23.4 Å². The van der Waals surface area contributed by atoms with Crippen molar-refractivity contribution in [2.45, 2.75) is 40.2 Å². The van der Waals surface area contributed by atoms with Crippen LogP contribution in [0.25, 0.3) is 0 Å². The molecule has 0 saturated carbocycles. The van der Waals surface area contributed by atoms with Gasteiger partial charge in [0.25, 0.3) is 0 Å². The van der Waals surface area contributed by atoms with E-state index in [1.54, 1.807) is 12.4 Å². The van der Waals surface area contributed by atoms with Crippen LogP contribution in [-0.4, -0.2) is 20.5 Å². The monoisotopic (exact) mass is 291 g/mol. The fourth-order valence-electron chi connectivity index (χ4n) is 2.15. The second-order valence-corrected chi connectivity index (χ2v) is 5.11. The molecule has 106 valence electrons. The number of carbonyl (C=O) groups is 1. The highest BCUT2D eigenvalue weighted by Crippen LogP contribution is 2.23. The minimum absolute atomic E-state index is 0.0142. The van der Waals surface area contributed by atoms with Crippen LogP contribution in [-0.2, 0) is 19.4 Å². The summed E-state index contributed by atoms with van der Waals surface area (Å²) in [7, 11) is 0. The maximum Gasteiger partial charge on any atom is 0.170 e. The van der Waals surface area contributed by atoms with E-state index in [0.29, 0.717) is 17.1 Å². The number of rotatable bonds is 5. The van der Waals surface area contributed by atoms with Gasteiger partial charge in [0, 0.05) is 24.5 Å². The van der Waals surface area contributed by atoms with Crippen molar-refractivity contribution in [3.05, 3.63) is 46.0 Å². The molecule has 2 aromatic rings. The van der Waals surface area contributed by atoms with E-state index >= 15 is 0 Å². The van der Waals surface area contributed by atoms with Gasteiger partial charge in [-0.2, -0.15) is 5.10 Å². The SMILES string of the molecule is CCc1nn(CC)c(CC(=O)c2cncc(C)c2)c1Cl. The van der Waals surface area contributed by atoms with Gasteiger partial charge in [0.15, 0.2) is 5.78 Å². The standard InChI is InChI=1S/C15H18ClN3O/c1-4-12-15(16)13(19(5-2)18-12)7-14(20)11-6-10(3)8-17-9-11/h6,8-9H,4-5,7H2,1-3H3. The fourth-order valence-corrected chi connectivity index (χ4v) is 2.48. The molecule has 0 N–H and O–H groups in total. The third-order valence-electron chi connectivity index (χ3n) is 3.22. The molecule has 2 heterocycles. The van der Waals surface area contributed by atoms with Gasteiger partial charge in [-0.3, -0.25) is 14.5 Å². The molecule has 2 rings (SSSR count). The van der Waals surface area contributed by atoms with Crippen LogP contribution in [0.4, 0.5) is 0 Å². The largest absolute Gasteiger partial charge is 0.294 e. The van der Waals surface area contributed by atoms with Crippen LogP contribution in [0, 0.1) is 6.92 Å². The second kappa shape index (κ2) is 6.18. The first kappa shape index (κ1) is 14.7. The Morgan fingerprint density at radius 3 is 2.70 bits per heavy atom. The number of aromatic nitrogens is 3. The van der Waals surface area contributed by atoms with Crippen LogP contribution < -0.4 is 0 Å². The average Bonchev–Trinajstić information content (AvgIpc) is 2.75. The summed E-state index contributed by atoms with van der Waals surface area (Å²) < 4.78 is 1.81. The quantitative estimate of drug-likeness (QED) is 0.795. The third kappa shape index (κ3) is 2.90. The van der Waals surface area contributed by atoms with Crippen molar-refractivity contribution >= 4 is 17.4 Å². The highest BCUT2D eigenvalue weighted by Gasteiger charge is 2.18. The molecule has 0 fully saturated rings. The second-order valence-electron chi connectivity index (χ2n) is 4.73. The lowest BCUT2D eigenvalue weighted by atomic mass is 10.1. The van der Waals surface area contributed by atoms with E-state index in [1.165, 1.54) is 0 Å². The molecule has 2 aromatic heterocycles. The number of halogens is 1. The van der Waals surface area contributed by atoms with Gasteiger partial charge in [-0.25, -0.2) is 0 Å². The Hall–Kier alpha value is -1.68. The predicted octanol–water partition coefficient (Wildman–Crippen LogP) is 3.25. The Morgan fingerprint density at radius 1 is 1.35 bits per heavy atom. The van der Waals surface area contributed by atoms with Crippen molar-refractivity contribution in [1.29, 1.82) is 0 Å². The molecule has 0 aliphatic carbocycles. The molecule has 20 heavy (non-hydrogen) atoms. The molecule has 4 nitrogen and oxygen atoms in total. The lowest BCUT2D eigenvalue weighted by molar-refractivity contribution is 0.0990. The van der Waals surface area contributed by atoms with E-state index in [9.17, 15) is 4.79 Å². The Bertz CT molecular complexity index is 634. The van der Waals surface area contributed by atoms with Crippen LogP contribution in [0.3, 0.4) is 0 Å². The molecule has 5 heteroatoms. The van der Waals surface area contributed by atoms with Crippen molar-refractivity contribution in [1.82, 2.24) is 14.8 Å². The van der Waals surface area contributed by atoms with Gasteiger partial charge in [0.1, 0.15) is 0 Å². The zero-order chi connectivity index (χ0) is 14.7. The zero-order valence-corrected chi connectivity index (χ0v) is 12.7. The first-order valence-electron chi connectivity index (χ1n) is 6.75. The summed E-state index contributed by atoms with van der Waals surface area (Å²) in [6, 6.07) is 1.84. The van der Waals surface area contributed by atoms with Gasteiger partial charge in [-0.15, -0.1) is 0 Å². The Kier molecular flexibility index (Phi) is 4.55. The van der Waals surface area contributed by atoms with Crippen LogP contribution in [0.5, 0.6) is 0 Å². The van der Waals surface area contributed by atoms with E-state index < -0.39 is 0 Å². The van der Waals surface area contributed by atoms with E-state index in [-0.39, 0.29) is 12.2 Å². The molecule has 0 saturated heterocycles. The lowest BCUT2D eigenvalue weighted by Gasteiger charge is -2.05. The minimum Gasteiger partial charge on any atom is -0.294 e. The summed E-state index contributed by atoms with van der Waals surface area (Å²) in [5.74, 6) is 0.0142. The van der Waals surface area contributed by atoms with E-state index in [4.69, 9.17) is 11.6 Å². The first-order chi connectivity index (χ1) is 9.56. The summed E-state index contributed by atoms with van der Waals surface area (Å²) >= 11 is 6.32. The van der Waals surface area contributed by atoms with Crippen LogP contribution in [0.15, 0.2) is 18.5 Å². The van der Waals surface area contributed by atoms with Crippen LogP contribution in [0.2, 0.25) is 5.02 Å². The highest BCUT2D eigenvalue weighted by molar-refractivity contribution is 6.32. The van der Waals surface area contributed by atoms with Gasteiger partial charge in [0.05, 0.1) is 22.8 Å². The normalized spacial score (nSPS) is 10.8. The third-order valence-corrected chi connectivity index (χ3v) is 3.66. The average molecular weight is 292 g/mol. The topological polar surface area (TPSA) is 47.8 Å². The number of pyridine rings is 1. The van der Waals surface area contributed by atoms with Crippen molar-refractivity contribution < 1.29 is 4.79 Å². The molecule has 0 aliphatic heterocycles. The van der Waals surface area contributed by atoms with Gasteiger partial charge < -0.3 is 0 Å². The van der Waals surface area contributed by atoms with Gasteiger partial charge in [0.2, 0.25) is 0 Å². The molecule has 0 aromatic carbocycles. The lowest BCUT2D eigenvalue weighted by Crippen LogP contribution is -2.10. The maximum atomic E-state index is 12.3. The van der Waals surface area contributed by atoms with E-state index in [2.05, 4.69) is 10.1 Å². The summed E-state index contributed by atoms with van der Waals surface area (Å²) in [5, 5.41) is 5.04. The Morgan fingerprint density at radius 2 is 2.10 bits per heavy atom. The number of hydrogen-bond donors (Lipinski definition) is 0. The van der Waals surface area contributed by atoms with Crippen LogP contribution in [0.1, 0.15) is 41.2 Å². The van der Waals surface area contributed by atoms with E-state index in [1.807, 2.05) is 31.5 Å². The summed E-state index contributed by atoms with van der Waals surface area (Å²) in [4.78, 5) is 16.4. The van der Waals surface area contributed by atoms with Gasteiger partial charge in [-0.1, -0.05) is 18.5 Å². The Labute approximate surface area is 123 Å². The van der Waals surface area contributed by atoms with Crippen molar-refractivity contribution in [2.24, 2.45) is 0 Å². The number of Topliss-reactive ketones (excluding diaryl/α,β-unsaturated/α-hetero) is 1. The number of carbonyl (C=O) groups excluding carboxylic acids is 1. The maximum absolute atomic E-state index is 12.3. The van der Waals surface area contributed by atoms with Crippen molar-refractivity contribution in [3.63, 3.8) is 0 Å². The fraction of sp³-hybridized carbons (Fsp3) is 0.400. The van der Waals surface area contributed by atoms with Gasteiger partial charge >= 0.3 is 0 Å². The zero-order valence-electron chi connectivity index (χ0n) is 12.0. The summed E-state index contributed by atoms with van der Waals surface area (Å²) in [6.45, 7) is 6.62. The molecule has 0 radical (unpaired) electrons. The minimum atomic E-state index is 0.0142.